The second-order valence-electron chi connectivity index (χ2n) is 8.05. The van der Waals surface area contributed by atoms with E-state index in [1.807, 2.05) is 0 Å². The van der Waals surface area contributed by atoms with Gasteiger partial charge in [0.2, 0.25) is 26.0 Å². The van der Waals surface area contributed by atoms with Gasteiger partial charge in [0.1, 0.15) is 0 Å². The van der Waals surface area contributed by atoms with Crippen molar-refractivity contribution in [3.05, 3.63) is 24.3 Å². The zero-order chi connectivity index (χ0) is 24.4. The number of halogens is 2. The van der Waals surface area contributed by atoms with Crippen molar-refractivity contribution in [2.75, 3.05) is 52.5 Å². The predicted molar refractivity (Wildman–Crippen MR) is 116 cm³/mol. The van der Waals surface area contributed by atoms with Gasteiger partial charge in [-0.15, -0.1) is 0 Å². The fourth-order valence-electron chi connectivity index (χ4n) is 4.09. The van der Waals surface area contributed by atoms with Crippen molar-refractivity contribution in [1.82, 2.24) is 13.5 Å². The van der Waals surface area contributed by atoms with Gasteiger partial charge < -0.3 is 9.64 Å². The van der Waals surface area contributed by atoms with Crippen LogP contribution in [0.1, 0.15) is 20.3 Å². The topological polar surface area (TPSA) is 104 Å². The van der Waals surface area contributed by atoms with Crippen LogP contribution >= 0.6 is 0 Å². The average molecular weight is 510 g/mol. The largest absolute Gasteiger partial charge is 0.378 e. The minimum absolute atomic E-state index is 0.0884. The molecular weight excluding hydrogens is 480 g/mol. The van der Waals surface area contributed by atoms with Gasteiger partial charge in [-0.1, -0.05) is 13.8 Å². The van der Waals surface area contributed by atoms with Crippen molar-refractivity contribution in [2.24, 2.45) is 5.92 Å². The first-order chi connectivity index (χ1) is 15.4. The molecule has 2 fully saturated rings. The van der Waals surface area contributed by atoms with Gasteiger partial charge in [-0.2, -0.15) is 8.61 Å². The molecule has 0 saturated carbocycles. The zero-order valence-electron chi connectivity index (χ0n) is 18.6. The summed E-state index contributed by atoms with van der Waals surface area (Å²) in [6.45, 7) is 3.62. The van der Waals surface area contributed by atoms with Crippen LogP contribution in [0, 0.1) is 5.92 Å². The van der Waals surface area contributed by atoms with E-state index in [0.29, 0.717) is 17.5 Å². The van der Waals surface area contributed by atoms with Crippen molar-refractivity contribution in [3.63, 3.8) is 0 Å². The van der Waals surface area contributed by atoms with Crippen LogP contribution in [0.3, 0.4) is 0 Å². The molecule has 0 unspecified atom stereocenters. The molecule has 2 saturated heterocycles. The van der Waals surface area contributed by atoms with Crippen molar-refractivity contribution in [3.8, 4) is 0 Å². The molecule has 9 nitrogen and oxygen atoms in total. The lowest BCUT2D eigenvalue weighted by atomic mass is 9.95. The van der Waals surface area contributed by atoms with E-state index in [1.54, 1.807) is 13.8 Å². The molecule has 0 spiro atoms. The molecule has 2 aliphatic rings. The van der Waals surface area contributed by atoms with Gasteiger partial charge in [0.25, 0.3) is 5.92 Å². The number of amides is 1. The van der Waals surface area contributed by atoms with E-state index in [4.69, 9.17) is 4.74 Å². The van der Waals surface area contributed by atoms with Crippen molar-refractivity contribution in [1.29, 1.82) is 0 Å². The summed E-state index contributed by atoms with van der Waals surface area (Å²) in [7, 11) is -8.17. The van der Waals surface area contributed by atoms with Gasteiger partial charge in [0.15, 0.2) is 0 Å². The zero-order valence-corrected chi connectivity index (χ0v) is 20.2. The van der Waals surface area contributed by atoms with E-state index in [9.17, 15) is 30.4 Å². The highest BCUT2D eigenvalue weighted by molar-refractivity contribution is 7.89. The van der Waals surface area contributed by atoms with E-state index in [0.717, 1.165) is 24.3 Å². The van der Waals surface area contributed by atoms with E-state index >= 15 is 0 Å². The Balaban J connectivity index is 1.84. The van der Waals surface area contributed by atoms with Gasteiger partial charge in [0, 0.05) is 39.1 Å². The van der Waals surface area contributed by atoms with Crippen LogP contribution in [0.25, 0.3) is 0 Å². The Bertz CT molecular complexity index is 1050. The molecule has 0 bridgehead atoms. The molecular formula is C20H29F2N3O6S2. The van der Waals surface area contributed by atoms with Crippen molar-refractivity contribution in [2.45, 2.75) is 36.0 Å². The van der Waals surface area contributed by atoms with Crippen LogP contribution in [0.2, 0.25) is 0 Å². The SMILES string of the molecule is CCN(CC)S(=O)(=O)c1ccc(S(=O)(=O)N2C[C@H](C(=O)N3CCOCC3)CC(F)(F)C2)cc1. The lowest BCUT2D eigenvalue weighted by Crippen LogP contribution is -2.54. The smallest absolute Gasteiger partial charge is 0.262 e. The van der Waals surface area contributed by atoms with Crippen molar-refractivity contribution >= 4 is 26.0 Å². The molecule has 186 valence electrons. The molecule has 1 atom stereocenters. The minimum Gasteiger partial charge on any atom is -0.378 e. The van der Waals surface area contributed by atoms with Crippen LogP contribution in [0.5, 0.6) is 0 Å². The molecule has 2 aliphatic heterocycles. The van der Waals surface area contributed by atoms with Gasteiger partial charge in [-0.3, -0.25) is 4.79 Å². The monoisotopic (exact) mass is 509 g/mol. The summed E-state index contributed by atoms with van der Waals surface area (Å²) in [5.41, 5.74) is 0. The molecule has 2 heterocycles. The third-order valence-corrected chi connectivity index (χ3v) is 9.74. The number of rotatable bonds is 7. The van der Waals surface area contributed by atoms with Crippen LogP contribution in [0.4, 0.5) is 8.78 Å². The minimum atomic E-state index is -4.37. The summed E-state index contributed by atoms with van der Waals surface area (Å²) in [6.07, 6.45) is -0.726. The van der Waals surface area contributed by atoms with E-state index in [2.05, 4.69) is 0 Å². The number of ether oxygens (including phenoxy) is 1. The highest BCUT2D eigenvalue weighted by atomic mass is 32.2. The number of hydrogen-bond donors (Lipinski definition) is 0. The van der Waals surface area contributed by atoms with E-state index < -0.39 is 50.8 Å². The number of benzene rings is 1. The van der Waals surface area contributed by atoms with Crippen LogP contribution in [0.15, 0.2) is 34.1 Å². The lowest BCUT2D eigenvalue weighted by molar-refractivity contribution is -0.147. The summed E-state index contributed by atoms with van der Waals surface area (Å²) >= 11 is 0. The van der Waals surface area contributed by atoms with Gasteiger partial charge in [0.05, 0.1) is 35.5 Å². The average Bonchev–Trinajstić information content (AvgIpc) is 2.78. The third-order valence-electron chi connectivity index (χ3n) is 5.85. The molecule has 1 amide bonds. The number of piperidine rings is 1. The summed E-state index contributed by atoms with van der Waals surface area (Å²) in [5.74, 6) is -5.06. The molecule has 0 aliphatic carbocycles. The summed E-state index contributed by atoms with van der Waals surface area (Å²) in [6, 6.07) is 4.49. The number of nitrogens with zero attached hydrogens (tertiary/aromatic N) is 3. The highest BCUT2D eigenvalue weighted by Gasteiger charge is 2.47. The highest BCUT2D eigenvalue weighted by Crippen LogP contribution is 2.34. The van der Waals surface area contributed by atoms with Crippen LogP contribution < -0.4 is 0 Å². The lowest BCUT2D eigenvalue weighted by Gasteiger charge is -2.38. The third kappa shape index (κ3) is 5.53. The Kier molecular flexibility index (Phi) is 7.79. The maximum Gasteiger partial charge on any atom is 0.262 e. The Morgan fingerprint density at radius 2 is 1.61 bits per heavy atom. The first-order valence-electron chi connectivity index (χ1n) is 10.8. The number of sulfonamides is 2. The van der Waals surface area contributed by atoms with Crippen molar-refractivity contribution < 1.29 is 35.1 Å². The number of morpholine rings is 1. The van der Waals surface area contributed by atoms with E-state index in [1.165, 1.54) is 9.21 Å². The van der Waals surface area contributed by atoms with E-state index in [-0.39, 0.29) is 42.5 Å². The van der Waals surface area contributed by atoms with Crippen LogP contribution in [-0.4, -0.2) is 94.7 Å². The number of carbonyl (C=O) groups excluding carboxylic acids is 1. The fraction of sp³-hybridized carbons (Fsp3) is 0.650. The number of hydrogen-bond acceptors (Lipinski definition) is 6. The Morgan fingerprint density at radius 1 is 1.06 bits per heavy atom. The van der Waals surface area contributed by atoms with Crippen LogP contribution in [-0.2, 0) is 29.6 Å². The number of carbonyl (C=O) groups is 1. The second-order valence-corrected chi connectivity index (χ2v) is 11.9. The normalized spacial score (nSPS) is 22.5. The molecule has 1 aromatic carbocycles. The molecule has 1 aromatic rings. The molecule has 33 heavy (non-hydrogen) atoms. The van der Waals surface area contributed by atoms with Gasteiger partial charge >= 0.3 is 0 Å². The summed E-state index contributed by atoms with van der Waals surface area (Å²) in [4.78, 5) is 13.8. The summed E-state index contributed by atoms with van der Waals surface area (Å²) < 4.78 is 87.5. The van der Waals surface area contributed by atoms with Gasteiger partial charge in [-0.25, -0.2) is 25.6 Å². The molecule has 13 heteroatoms. The standard InChI is InChI=1S/C20H29F2N3O6S2/c1-3-24(4-2)32(27,28)17-5-7-18(8-6-17)33(29,30)25-14-16(13-20(21,22)15-25)19(26)23-9-11-31-12-10-23/h5-8,16H,3-4,9-15H2,1-2H3/t16-/m1/s1. The Labute approximate surface area is 193 Å². The second kappa shape index (κ2) is 9.90. The maximum absolute atomic E-state index is 14.5. The number of alkyl halides is 2. The first-order valence-corrected chi connectivity index (χ1v) is 13.6. The molecule has 0 N–H and O–H groups in total. The predicted octanol–water partition coefficient (Wildman–Crippen LogP) is 1.22. The quantitative estimate of drug-likeness (QED) is 0.548. The maximum atomic E-state index is 14.5. The molecule has 0 radical (unpaired) electrons. The first kappa shape index (κ1) is 25.9. The summed E-state index contributed by atoms with van der Waals surface area (Å²) in [5, 5.41) is 0. The fourth-order valence-corrected chi connectivity index (χ4v) is 7.06. The van der Waals surface area contributed by atoms with Gasteiger partial charge in [-0.05, 0) is 24.3 Å². The molecule has 0 aromatic heterocycles. The Morgan fingerprint density at radius 3 is 2.15 bits per heavy atom. The Hall–Kier alpha value is -1.67. The molecule has 3 rings (SSSR count).